The highest BCUT2D eigenvalue weighted by Gasteiger charge is 2.14. The lowest BCUT2D eigenvalue weighted by atomic mass is 10.1. The van der Waals surface area contributed by atoms with Crippen molar-refractivity contribution in [1.29, 1.82) is 0 Å². The average molecular weight is 437 g/mol. The first-order valence-corrected chi connectivity index (χ1v) is 11.1. The number of carbonyl (C=O) groups excluding carboxylic acids is 1. The number of ether oxygens (including phenoxy) is 1. The molecule has 0 saturated carbocycles. The monoisotopic (exact) mass is 436 g/mol. The maximum absolute atomic E-state index is 12.6. The van der Waals surface area contributed by atoms with Gasteiger partial charge < -0.3 is 10.1 Å². The van der Waals surface area contributed by atoms with Gasteiger partial charge in [-0.1, -0.05) is 24.3 Å². The van der Waals surface area contributed by atoms with E-state index in [4.69, 9.17) is 4.74 Å². The minimum Gasteiger partial charge on any atom is -0.497 e. The van der Waals surface area contributed by atoms with Crippen molar-refractivity contribution in [3.05, 3.63) is 89.5 Å². The molecule has 1 amide bonds. The molecule has 0 aliphatic heterocycles. The van der Waals surface area contributed by atoms with Crippen LogP contribution in [0.4, 0.5) is 11.4 Å². The maximum Gasteiger partial charge on any atom is 0.261 e. The summed E-state index contributed by atoms with van der Waals surface area (Å²) in [7, 11) is -2.18. The first kappa shape index (κ1) is 22.1. The van der Waals surface area contributed by atoms with E-state index in [1.165, 1.54) is 18.2 Å². The van der Waals surface area contributed by atoms with Crippen LogP contribution in [-0.2, 0) is 14.8 Å². The summed E-state index contributed by atoms with van der Waals surface area (Å²) in [4.78, 5) is 12.3. The fourth-order valence-electron chi connectivity index (χ4n) is 2.86. The Bertz CT molecular complexity index is 1200. The minimum atomic E-state index is -3.72. The predicted molar refractivity (Wildman–Crippen MR) is 124 cm³/mol. The molecule has 2 N–H and O–H groups in total. The van der Waals surface area contributed by atoms with Crippen LogP contribution in [0.3, 0.4) is 0 Å². The second-order valence-electron chi connectivity index (χ2n) is 6.97. The van der Waals surface area contributed by atoms with Gasteiger partial charge in [0.05, 0.1) is 12.0 Å². The quantitative estimate of drug-likeness (QED) is 0.523. The SMILES string of the molecule is COc1ccc(NS(=O)(=O)c2ccc(/C=C/C(=O)Nc3cccc(C)c3C)cc2)cc1. The number of nitrogens with one attached hydrogen (secondary N) is 2. The number of methoxy groups -OCH3 is 1. The van der Waals surface area contributed by atoms with Gasteiger partial charge in [-0.15, -0.1) is 0 Å². The Morgan fingerprint density at radius 3 is 2.26 bits per heavy atom. The van der Waals surface area contributed by atoms with Crippen molar-refractivity contribution in [3.8, 4) is 5.75 Å². The highest BCUT2D eigenvalue weighted by atomic mass is 32.2. The van der Waals surface area contributed by atoms with Gasteiger partial charge in [0.2, 0.25) is 5.91 Å². The number of amides is 1. The van der Waals surface area contributed by atoms with E-state index in [0.29, 0.717) is 17.0 Å². The number of hydrogen-bond acceptors (Lipinski definition) is 4. The number of anilines is 2. The van der Waals surface area contributed by atoms with Gasteiger partial charge in [-0.3, -0.25) is 9.52 Å². The molecule has 0 heterocycles. The topological polar surface area (TPSA) is 84.5 Å². The number of carbonyl (C=O) groups is 1. The molecule has 0 aliphatic carbocycles. The first-order valence-electron chi connectivity index (χ1n) is 9.61. The van der Waals surface area contributed by atoms with Gasteiger partial charge in [0, 0.05) is 17.5 Å². The minimum absolute atomic E-state index is 0.125. The largest absolute Gasteiger partial charge is 0.497 e. The van der Waals surface area contributed by atoms with Crippen molar-refractivity contribution < 1.29 is 17.9 Å². The summed E-state index contributed by atoms with van der Waals surface area (Å²) in [6, 6.07) is 18.6. The Morgan fingerprint density at radius 1 is 0.935 bits per heavy atom. The molecule has 0 aromatic heterocycles. The first-order chi connectivity index (χ1) is 14.8. The van der Waals surface area contributed by atoms with Gasteiger partial charge in [0.1, 0.15) is 5.75 Å². The summed E-state index contributed by atoms with van der Waals surface area (Å²) >= 11 is 0. The van der Waals surface area contributed by atoms with Crippen LogP contribution in [-0.4, -0.2) is 21.4 Å². The zero-order valence-electron chi connectivity index (χ0n) is 17.5. The molecule has 0 bridgehead atoms. The van der Waals surface area contributed by atoms with Gasteiger partial charge in [0.25, 0.3) is 10.0 Å². The third kappa shape index (κ3) is 5.73. The smallest absolute Gasteiger partial charge is 0.261 e. The number of rotatable bonds is 7. The van der Waals surface area contributed by atoms with Crippen molar-refractivity contribution in [3.63, 3.8) is 0 Å². The van der Waals surface area contributed by atoms with Crippen molar-refractivity contribution >= 4 is 33.4 Å². The van der Waals surface area contributed by atoms with Crippen LogP contribution in [0.25, 0.3) is 6.08 Å². The molecule has 3 aromatic carbocycles. The Balaban J connectivity index is 1.65. The van der Waals surface area contributed by atoms with E-state index >= 15 is 0 Å². The molecule has 0 atom stereocenters. The lowest BCUT2D eigenvalue weighted by molar-refractivity contribution is -0.111. The number of hydrogen-bond donors (Lipinski definition) is 2. The molecule has 0 unspecified atom stereocenters. The summed E-state index contributed by atoms with van der Waals surface area (Å²) < 4.78 is 32.7. The van der Waals surface area contributed by atoms with Crippen LogP contribution in [0, 0.1) is 13.8 Å². The summed E-state index contributed by atoms with van der Waals surface area (Å²) in [5.41, 5.74) is 4.03. The van der Waals surface area contributed by atoms with E-state index in [0.717, 1.165) is 16.8 Å². The van der Waals surface area contributed by atoms with Crippen molar-refractivity contribution in [2.24, 2.45) is 0 Å². The van der Waals surface area contributed by atoms with Crippen LogP contribution in [0.2, 0.25) is 0 Å². The van der Waals surface area contributed by atoms with Gasteiger partial charge in [-0.25, -0.2) is 8.42 Å². The van der Waals surface area contributed by atoms with Gasteiger partial charge in [-0.05, 0) is 79.1 Å². The molecule has 0 fully saturated rings. The molecular formula is C24H24N2O4S. The fourth-order valence-corrected chi connectivity index (χ4v) is 3.92. The second kappa shape index (κ2) is 9.49. The van der Waals surface area contributed by atoms with Crippen LogP contribution in [0.5, 0.6) is 5.75 Å². The highest BCUT2D eigenvalue weighted by Crippen LogP contribution is 2.20. The highest BCUT2D eigenvalue weighted by molar-refractivity contribution is 7.92. The van der Waals surface area contributed by atoms with E-state index in [-0.39, 0.29) is 10.8 Å². The second-order valence-corrected chi connectivity index (χ2v) is 8.66. The Morgan fingerprint density at radius 2 is 1.61 bits per heavy atom. The molecule has 3 rings (SSSR count). The van der Waals surface area contributed by atoms with Crippen LogP contribution < -0.4 is 14.8 Å². The van der Waals surface area contributed by atoms with Crippen LogP contribution in [0.15, 0.2) is 77.7 Å². The van der Waals surface area contributed by atoms with E-state index in [2.05, 4.69) is 10.0 Å². The molecule has 0 saturated heterocycles. The third-order valence-electron chi connectivity index (χ3n) is 4.82. The normalized spacial score (nSPS) is 11.3. The predicted octanol–water partition coefficient (Wildman–Crippen LogP) is 4.76. The molecule has 0 aliphatic rings. The molecule has 31 heavy (non-hydrogen) atoms. The fraction of sp³-hybridized carbons (Fsp3) is 0.125. The van der Waals surface area contributed by atoms with Crippen molar-refractivity contribution in [1.82, 2.24) is 0 Å². The van der Waals surface area contributed by atoms with Crippen molar-refractivity contribution in [2.75, 3.05) is 17.1 Å². The van der Waals surface area contributed by atoms with Gasteiger partial charge >= 0.3 is 0 Å². The third-order valence-corrected chi connectivity index (χ3v) is 6.22. The number of sulfonamides is 1. The zero-order chi connectivity index (χ0) is 22.4. The Kier molecular flexibility index (Phi) is 6.77. The average Bonchev–Trinajstić information content (AvgIpc) is 2.76. The number of aryl methyl sites for hydroxylation is 1. The van der Waals surface area contributed by atoms with Crippen molar-refractivity contribution in [2.45, 2.75) is 18.7 Å². The zero-order valence-corrected chi connectivity index (χ0v) is 18.4. The summed E-state index contributed by atoms with van der Waals surface area (Å²) in [6.07, 6.45) is 3.05. The molecule has 160 valence electrons. The molecular weight excluding hydrogens is 412 g/mol. The standard InChI is InChI=1S/C24H24N2O4S/c1-17-5-4-6-23(18(17)2)25-24(27)16-9-19-7-14-22(15-8-19)31(28,29)26-20-10-12-21(30-3)13-11-20/h4-16,26H,1-3H3,(H,25,27)/b16-9+. The maximum atomic E-state index is 12.6. The summed E-state index contributed by atoms with van der Waals surface area (Å²) in [5.74, 6) is 0.382. The molecule has 0 radical (unpaired) electrons. The Hall–Kier alpha value is -3.58. The molecule has 7 heteroatoms. The van der Waals surface area contributed by atoms with Crippen LogP contribution >= 0.6 is 0 Å². The summed E-state index contributed by atoms with van der Waals surface area (Å²) in [5, 5.41) is 2.85. The molecule has 3 aromatic rings. The van der Waals surface area contributed by atoms with Gasteiger partial charge in [0.15, 0.2) is 0 Å². The van der Waals surface area contributed by atoms with Crippen LogP contribution in [0.1, 0.15) is 16.7 Å². The molecule has 6 nitrogen and oxygen atoms in total. The van der Waals surface area contributed by atoms with Gasteiger partial charge in [-0.2, -0.15) is 0 Å². The van der Waals surface area contributed by atoms with E-state index < -0.39 is 10.0 Å². The van der Waals surface area contributed by atoms with E-state index in [9.17, 15) is 13.2 Å². The lowest BCUT2D eigenvalue weighted by Crippen LogP contribution is -2.12. The lowest BCUT2D eigenvalue weighted by Gasteiger charge is -2.09. The Labute approximate surface area is 182 Å². The number of benzene rings is 3. The van der Waals surface area contributed by atoms with E-state index in [1.54, 1.807) is 49.6 Å². The molecule has 0 spiro atoms. The summed E-state index contributed by atoms with van der Waals surface area (Å²) in [6.45, 7) is 3.94. The van der Waals surface area contributed by atoms with E-state index in [1.807, 2.05) is 32.0 Å².